The molecule has 0 radical (unpaired) electrons. The molecule has 0 N–H and O–H groups in total. The molecule has 2 saturated heterocycles. The molecule has 0 aromatic carbocycles. The van der Waals surface area contributed by atoms with Gasteiger partial charge in [0.2, 0.25) is 0 Å². The molecule has 1 aromatic heterocycles. The summed E-state index contributed by atoms with van der Waals surface area (Å²) < 4.78 is 27.6. The van der Waals surface area contributed by atoms with E-state index in [1.807, 2.05) is 6.07 Å². The molecule has 4 nitrogen and oxygen atoms in total. The third kappa shape index (κ3) is 2.93. The van der Waals surface area contributed by atoms with Gasteiger partial charge in [0, 0.05) is 14.0 Å². The van der Waals surface area contributed by atoms with Crippen molar-refractivity contribution in [2.45, 2.75) is 77.8 Å². The van der Waals surface area contributed by atoms with Gasteiger partial charge in [0.1, 0.15) is 0 Å². The van der Waals surface area contributed by atoms with E-state index in [9.17, 15) is 0 Å². The number of rotatable bonds is 2. The monoisotopic (exact) mass is 414 g/mol. The molecular weight excluding hydrogens is 390 g/mol. The van der Waals surface area contributed by atoms with Gasteiger partial charge in [-0.25, -0.2) is 0 Å². The highest BCUT2D eigenvalue weighted by molar-refractivity contribution is 9.10. The standard InChI is InChI=1S/C16H25B2BrO4S/c1-13(2)14(3,4)21-17(20-13)11-9-10(19)12(24-11)18-22-15(5,6)16(7,8)23-18/h9H,1-8H3. The van der Waals surface area contributed by atoms with Crippen LogP contribution in [0.3, 0.4) is 0 Å². The van der Waals surface area contributed by atoms with Crippen molar-refractivity contribution in [1.29, 1.82) is 0 Å². The van der Waals surface area contributed by atoms with Crippen LogP contribution >= 0.6 is 27.3 Å². The molecule has 132 valence electrons. The van der Waals surface area contributed by atoms with Crippen LogP contribution in [0.1, 0.15) is 55.4 Å². The normalized spacial score (nSPS) is 27.0. The van der Waals surface area contributed by atoms with Gasteiger partial charge in [-0.15, -0.1) is 0 Å². The first-order chi connectivity index (χ1) is 10.8. The lowest BCUT2D eigenvalue weighted by Crippen LogP contribution is -2.41. The molecule has 0 bridgehead atoms. The average Bonchev–Trinajstić information content (AvgIpc) is 2.93. The fraction of sp³-hybridized carbons (Fsp3) is 0.750. The predicted octanol–water partition coefficient (Wildman–Crippen LogP) is 3.11. The molecule has 0 amide bonds. The van der Waals surface area contributed by atoms with Gasteiger partial charge in [0.15, 0.2) is 0 Å². The molecule has 1 aromatic rings. The molecule has 2 fully saturated rings. The van der Waals surface area contributed by atoms with Gasteiger partial charge in [-0.3, -0.25) is 0 Å². The smallest absolute Gasteiger partial charge is 0.399 e. The first-order valence-electron chi connectivity index (χ1n) is 8.26. The van der Waals surface area contributed by atoms with Crippen LogP contribution in [0.15, 0.2) is 10.5 Å². The zero-order chi connectivity index (χ0) is 18.1. The zero-order valence-electron chi connectivity index (χ0n) is 15.7. The summed E-state index contributed by atoms with van der Waals surface area (Å²) in [6, 6.07) is 2.05. The molecule has 0 saturated carbocycles. The number of thiophene rings is 1. The summed E-state index contributed by atoms with van der Waals surface area (Å²) in [5.41, 5.74) is -1.41. The third-order valence-electron chi connectivity index (χ3n) is 5.69. The van der Waals surface area contributed by atoms with Crippen molar-refractivity contribution in [1.82, 2.24) is 0 Å². The second-order valence-electron chi connectivity index (χ2n) is 8.54. The Bertz CT molecular complexity index is 625. The molecular formula is C16H25B2BrO4S. The molecule has 2 aliphatic heterocycles. The summed E-state index contributed by atoms with van der Waals surface area (Å²) in [5, 5.41) is 0. The topological polar surface area (TPSA) is 36.9 Å². The number of halogens is 1. The first-order valence-corrected chi connectivity index (χ1v) is 9.87. The molecule has 0 atom stereocenters. The Hall–Kier alpha value is 0.150. The summed E-state index contributed by atoms with van der Waals surface area (Å²) in [4.78, 5) is 0. The SMILES string of the molecule is CC1(C)OB(c2cc(Br)c(B3OC(C)(C)C(C)(C)O3)s2)OC1(C)C. The Morgan fingerprint density at radius 3 is 1.54 bits per heavy atom. The number of hydrogen-bond acceptors (Lipinski definition) is 5. The van der Waals surface area contributed by atoms with Gasteiger partial charge in [0.05, 0.1) is 22.4 Å². The summed E-state index contributed by atoms with van der Waals surface area (Å²) in [6.45, 7) is 16.5. The number of hydrogen-bond donors (Lipinski definition) is 0. The molecule has 0 spiro atoms. The molecule has 3 heterocycles. The predicted molar refractivity (Wildman–Crippen MR) is 103 cm³/mol. The highest BCUT2D eigenvalue weighted by atomic mass is 79.9. The van der Waals surface area contributed by atoms with Crippen molar-refractivity contribution in [2.75, 3.05) is 0 Å². The third-order valence-corrected chi connectivity index (χ3v) is 7.78. The van der Waals surface area contributed by atoms with Crippen LogP contribution in [0.25, 0.3) is 0 Å². The largest absolute Gasteiger partial charge is 0.506 e. The van der Waals surface area contributed by atoms with E-state index in [1.54, 1.807) is 11.3 Å². The van der Waals surface area contributed by atoms with Gasteiger partial charge >= 0.3 is 14.2 Å². The Morgan fingerprint density at radius 1 is 0.750 bits per heavy atom. The van der Waals surface area contributed by atoms with Crippen LogP contribution in [0, 0.1) is 0 Å². The Labute approximate surface area is 158 Å². The van der Waals surface area contributed by atoms with Crippen LogP contribution in [0.2, 0.25) is 0 Å². The molecule has 0 aliphatic carbocycles. The van der Waals surface area contributed by atoms with Crippen LogP contribution in [-0.2, 0) is 18.6 Å². The van der Waals surface area contributed by atoms with Crippen LogP contribution < -0.4 is 9.55 Å². The van der Waals surface area contributed by atoms with E-state index in [2.05, 4.69) is 71.3 Å². The molecule has 8 heteroatoms. The van der Waals surface area contributed by atoms with Crippen molar-refractivity contribution in [3.8, 4) is 0 Å². The average molecular weight is 415 g/mol. The van der Waals surface area contributed by atoms with Gasteiger partial charge in [0.25, 0.3) is 0 Å². The first kappa shape index (κ1) is 18.9. The maximum Gasteiger partial charge on any atom is 0.506 e. The van der Waals surface area contributed by atoms with Crippen LogP contribution in [0.5, 0.6) is 0 Å². The van der Waals surface area contributed by atoms with Gasteiger partial charge < -0.3 is 18.6 Å². The fourth-order valence-electron chi connectivity index (χ4n) is 2.59. The van der Waals surface area contributed by atoms with E-state index < -0.39 is 0 Å². The fourth-order valence-corrected chi connectivity index (χ4v) is 4.39. The van der Waals surface area contributed by atoms with E-state index in [-0.39, 0.29) is 36.6 Å². The van der Waals surface area contributed by atoms with Crippen LogP contribution in [-0.4, -0.2) is 36.6 Å². The Balaban J connectivity index is 1.85. The lowest BCUT2D eigenvalue weighted by molar-refractivity contribution is 0.00578. The van der Waals surface area contributed by atoms with Crippen LogP contribution in [0.4, 0.5) is 0 Å². The highest BCUT2D eigenvalue weighted by Gasteiger charge is 2.55. The van der Waals surface area contributed by atoms with E-state index >= 15 is 0 Å². The molecule has 2 aliphatic rings. The summed E-state index contributed by atoms with van der Waals surface area (Å²) >= 11 is 5.26. The van der Waals surface area contributed by atoms with E-state index in [4.69, 9.17) is 18.6 Å². The minimum atomic E-state index is -0.384. The summed E-state index contributed by atoms with van der Waals surface area (Å²) in [7, 11) is -0.752. The van der Waals surface area contributed by atoms with Gasteiger partial charge in [-0.2, -0.15) is 11.3 Å². The Kier molecular flexibility index (Phi) is 4.39. The van der Waals surface area contributed by atoms with Crippen molar-refractivity contribution in [3.05, 3.63) is 10.5 Å². The summed E-state index contributed by atoms with van der Waals surface area (Å²) in [5.74, 6) is 0. The molecule has 24 heavy (non-hydrogen) atoms. The van der Waals surface area contributed by atoms with E-state index in [0.29, 0.717) is 0 Å². The van der Waals surface area contributed by atoms with Crippen molar-refractivity contribution in [3.63, 3.8) is 0 Å². The van der Waals surface area contributed by atoms with Crippen molar-refractivity contribution in [2.24, 2.45) is 0 Å². The lowest BCUT2D eigenvalue weighted by atomic mass is 9.86. The van der Waals surface area contributed by atoms with Gasteiger partial charge in [-0.1, -0.05) is 15.9 Å². The zero-order valence-corrected chi connectivity index (χ0v) is 18.1. The second-order valence-corrected chi connectivity index (χ2v) is 10.5. The Morgan fingerprint density at radius 2 is 1.12 bits per heavy atom. The quantitative estimate of drug-likeness (QED) is 0.697. The molecule has 0 unspecified atom stereocenters. The molecule has 3 rings (SSSR count). The maximum absolute atomic E-state index is 6.17. The van der Waals surface area contributed by atoms with Crippen molar-refractivity contribution < 1.29 is 18.6 Å². The van der Waals surface area contributed by atoms with Gasteiger partial charge in [-0.05, 0) is 61.5 Å². The lowest BCUT2D eigenvalue weighted by Gasteiger charge is -2.32. The minimum Gasteiger partial charge on any atom is -0.399 e. The van der Waals surface area contributed by atoms with Crippen molar-refractivity contribution >= 4 is 51.1 Å². The summed E-state index contributed by atoms with van der Waals surface area (Å²) in [6.07, 6.45) is 0. The minimum absolute atomic E-state index is 0.349. The van der Waals surface area contributed by atoms with E-state index in [1.165, 1.54) is 0 Å². The van der Waals surface area contributed by atoms with E-state index in [0.717, 1.165) is 14.0 Å². The highest BCUT2D eigenvalue weighted by Crippen LogP contribution is 2.39. The maximum atomic E-state index is 6.17. The second kappa shape index (κ2) is 5.57.